The summed E-state index contributed by atoms with van der Waals surface area (Å²) in [4.78, 5) is 13.5. The highest BCUT2D eigenvalue weighted by Gasteiger charge is 2.10. The Morgan fingerprint density at radius 3 is 2.62 bits per heavy atom. The molecule has 2 rings (SSSR count). The number of anilines is 1. The zero-order valence-electron chi connectivity index (χ0n) is 13.3. The molecule has 1 aromatic heterocycles. The lowest BCUT2D eigenvalue weighted by Crippen LogP contribution is -2.21. The van der Waals surface area contributed by atoms with Crippen LogP contribution >= 0.6 is 0 Å². The summed E-state index contributed by atoms with van der Waals surface area (Å²) in [5.74, 6) is 0.00684. The summed E-state index contributed by atoms with van der Waals surface area (Å²) in [5, 5.41) is 7.77. The highest BCUT2D eigenvalue weighted by atomic mass is 16.2. The summed E-state index contributed by atoms with van der Waals surface area (Å²) in [6.07, 6.45) is 0. The van der Waals surface area contributed by atoms with Gasteiger partial charge in [-0.05, 0) is 32.0 Å². The van der Waals surface area contributed by atoms with Crippen LogP contribution in [0.4, 0.5) is 5.69 Å². The molecule has 1 amide bonds. The number of carbonyl (C=O) groups is 1. The molecule has 1 aromatic carbocycles. The average Bonchev–Trinajstić information content (AvgIpc) is 2.69. The highest BCUT2D eigenvalue weighted by Crippen LogP contribution is 2.16. The molecule has 0 radical (unpaired) electrons. The minimum absolute atomic E-state index is 0.00684. The van der Waals surface area contributed by atoms with Crippen LogP contribution in [0.2, 0.25) is 0 Å². The minimum Gasteiger partial charge on any atom is -0.381 e. The van der Waals surface area contributed by atoms with E-state index in [2.05, 4.69) is 17.3 Å². The lowest BCUT2D eigenvalue weighted by molar-refractivity contribution is 0.0827. The number of hydrogen-bond acceptors (Lipinski definition) is 3. The van der Waals surface area contributed by atoms with Crippen molar-refractivity contribution in [3.05, 3.63) is 46.8 Å². The van der Waals surface area contributed by atoms with Gasteiger partial charge in [0.2, 0.25) is 0 Å². The number of carbonyl (C=O) groups excluding carboxylic acids is 1. The van der Waals surface area contributed by atoms with Crippen molar-refractivity contribution in [2.24, 2.45) is 7.05 Å². The van der Waals surface area contributed by atoms with Crippen molar-refractivity contribution in [1.82, 2.24) is 14.7 Å². The SMILES string of the molecule is Cc1nn(C)c(C)c1CNc1cccc(C(=O)N(C)C)c1. The fraction of sp³-hybridized carbons (Fsp3) is 0.375. The third kappa shape index (κ3) is 3.24. The fourth-order valence-electron chi connectivity index (χ4n) is 2.28. The Kier molecular flexibility index (Phi) is 4.31. The van der Waals surface area contributed by atoms with Crippen LogP contribution in [-0.4, -0.2) is 34.7 Å². The first-order chi connectivity index (χ1) is 9.90. The number of amides is 1. The number of aryl methyl sites for hydroxylation is 2. The summed E-state index contributed by atoms with van der Waals surface area (Å²) in [6, 6.07) is 7.56. The minimum atomic E-state index is 0.00684. The molecule has 1 heterocycles. The average molecular weight is 286 g/mol. The number of nitrogens with zero attached hydrogens (tertiary/aromatic N) is 3. The zero-order valence-corrected chi connectivity index (χ0v) is 13.3. The van der Waals surface area contributed by atoms with Gasteiger partial charge in [0.25, 0.3) is 5.91 Å². The van der Waals surface area contributed by atoms with E-state index in [1.807, 2.05) is 42.9 Å². The Bertz CT molecular complexity index is 658. The molecule has 0 saturated carbocycles. The molecule has 1 N–H and O–H groups in total. The van der Waals surface area contributed by atoms with Crippen LogP contribution in [-0.2, 0) is 13.6 Å². The van der Waals surface area contributed by atoms with Gasteiger partial charge in [-0.15, -0.1) is 0 Å². The van der Waals surface area contributed by atoms with E-state index in [9.17, 15) is 4.79 Å². The molecule has 112 valence electrons. The third-order valence-corrected chi connectivity index (χ3v) is 3.64. The Labute approximate surface area is 125 Å². The summed E-state index contributed by atoms with van der Waals surface area (Å²) < 4.78 is 1.89. The maximum atomic E-state index is 12.0. The van der Waals surface area contributed by atoms with Crippen molar-refractivity contribution in [3.8, 4) is 0 Å². The summed E-state index contributed by atoms with van der Waals surface area (Å²) in [7, 11) is 5.46. The molecule has 2 aromatic rings. The van der Waals surface area contributed by atoms with Crippen LogP contribution in [0.1, 0.15) is 27.3 Å². The van der Waals surface area contributed by atoms with Gasteiger partial charge in [0.1, 0.15) is 0 Å². The van der Waals surface area contributed by atoms with Crippen molar-refractivity contribution in [3.63, 3.8) is 0 Å². The van der Waals surface area contributed by atoms with Crippen molar-refractivity contribution < 1.29 is 4.79 Å². The maximum absolute atomic E-state index is 12.0. The molecular weight excluding hydrogens is 264 g/mol. The first-order valence-electron chi connectivity index (χ1n) is 6.95. The van der Waals surface area contributed by atoms with Crippen LogP contribution < -0.4 is 5.32 Å². The van der Waals surface area contributed by atoms with E-state index < -0.39 is 0 Å². The molecule has 0 aliphatic rings. The number of benzene rings is 1. The molecule has 0 atom stereocenters. The van der Waals surface area contributed by atoms with Gasteiger partial charge in [0.05, 0.1) is 5.69 Å². The molecule has 0 fully saturated rings. The van der Waals surface area contributed by atoms with Gasteiger partial charge in [-0.1, -0.05) is 6.07 Å². The van der Waals surface area contributed by atoms with Gasteiger partial charge in [-0.3, -0.25) is 9.48 Å². The molecule has 0 bridgehead atoms. The molecule has 0 aliphatic heterocycles. The second kappa shape index (κ2) is 5.99. The van der Waals surface area contributed by atoms with E-state index in [0.717, 1.165) is 17.1 Å². The first kappa shape index (κ1) is 15.1. The lowest BCUT2D eigenvalue weighted by atomic mass is 10.1. The van der Waals surface area contributed by atoms with Gasteiger partial charge in [0.15, 0.2) is 0 Å². The van der Waals surface area contributed by atoms with E-state index in [-0.39, 0.29) is 5.91 Å². The monoisotopic (exact) mass is 286 g/mol. The zero-order chi connectivity index (χ0) is 15.6. The number of hydrogen-bond donors (Lipinski definition) is 1. The Morgan fingerprint density at radius 1 is 1.33 bits per heavy atom. The van der Waals surface area contributed by atoms with Crippen LogP contribution in [0.25, 0.3) is 0 Å². The van der Waals surface area contributed by atoms with E-state index >= 15 is 0 Å². The standard InChI is InChI=1S/C16H22N4O/c1-11-15(12(2)20(5)18-11)10-17-14-8-6-7-13(9-14)16(21)19(3)4/h6-9,17H,10H2,1-5H3. The predicted molar refractivity (Wildman–Crippen MR) is 84.5 cm³/mol. The van der Waals surface area contributed by atoms with Gasteiger partial charge >= 0.3 is 0 Å². The second-order valence-corrected chi connectivity index (χ2v) is 5.41. The molecule has 0 aliphatic carbocycles. The maximum Gasteiger partial charge on any atom is 0.253 e. The molecule has 5 heteroatoms. The van der Waals surface area contributed by atoms with Crippen molar-refractivity contribution in [1.29, 1.82) is 0 Å². The number of nitrogens with one attached hydrogen (secondary N) is 1. The Morgan fingerprint density at radius 2 is 2.05 bits per heavy atom. The number of rotatable bonds is 4. The normalized spacial score (nSPS) is 10.5. The first-order valence-corrected chi connectivity index (χ1v) is 6.95. The van der Waals surface area contributed by atoms with Crippen molar-refractivity contribution in [2.45, 2.75) is 20.4 Å². The van der Waals surface area contributed by atoms with Crippen molar-refractivity contribution >= 4 is 11.6 Å². The van der Waals surface area contributed by atoms with E-state index in [1.54, 1.807) is 19.0 Å². The largest absolute Gasteiger partial charge is 0.381 e. The Balaban J connectivity index is 2.14. The highest BCUT2D eigenvalue weighted by molar-refractivity contribution is 5.94. The van der Waals surface area contributed by atoms with Gasteiger partial charge in [-0.25, -0.2) is 0 Å². The number of aromatic nitrogens is 2. The van der Waals surface area contributed by atoms with E-state index in [1.165, 1.54) is 5.56 Å². The van der Waals surface area contributed by atoms with Gasteiger partial charge in [-0.2, -0.15) is 5.10 Å². The topological polar surface area (TPSA) is 50.2 Å². The molecule has 5 nitrogen and oxygen atoms in total. The summed E-state index contributed by atoms with van der Waals surface area (Å²) in [6.45, 7) is 4.77. The summed E-state index contributed by atoms with van der Waals surface area (Å²) >= 11 is 0. The quantitative estimate of drug-likeness (QED) is 0.938. The van der Waals surface area contributed by atoms with E-state index in [4.69, 9.17) is 0 Å². The van der Waals surface area contributed by atoms with Crippen LogP contribution in [0, 0.1) is 13.8 Å². The van der Waals surface area contributed by atoms with Crippen LogP contribution in [0.3, 0.4) is 0 Å². The van der Waals surface area contributed by atoms with Crippen molar-refractivity contribution in [2.75, 3.05) is 19.4 Å². The molecular formula is C16H22N4O. The van der Waals surface area contributed by atoms with E-state index in [0.29, 0.717) is 12.1 Å². The lowest BCUT2D eigenvalue weighted by Gasteiger charge is -2.12. The fourth-order valence-corrected chi connectivity index (χ4v) is 2.28. The molecule has 21 heavy (non-hydrogen) atoms. The van der Waals surface area contributed by atoms with Crippen LogP contribution in [0.15, 0.2) is 24.3 Å². The summed E-state index contributed by atoms with van der Waals surface area (Å²) in [5.41, 5.74) is 5.00. The Hall–Kier alpha value is -2.30. The van der Waals surface area contributed by atoms with Gasteiger partial charge < -0.3 is 10.2 Å². The molecule has 0 unspecified atom stereocenters. The molecule has 0 spiro atoms. The smallest absolute Gasteiger partial charge is 0.253 e. The second-order valence-electron chi connectivity index (χ2n) is 5.41. The van der Waals surface area contributed by atoms with Crippen LogP contribution in [0.5, 0.6) is 0 Å². The predicted octanol–water partition coefficient (Wildman–Crippen LogP) is 2.35. The molecule has 0 saturated heterocycles. The third-order valence-electron chi connectivity index (χ3n) is 3.64. The van der Waals surface area contributed by atoms with Gasteiger partial charge in [0, 0.05) is 50.2 Å².